The van der Waals surface area contributed by atoms with Gasteiger partial charge in [-0.1, -0.05) is 36.4 Å². The maximum absolute atomic E-state index is 13.8. The number of aryl methyl sites for hydroxylation is 2. The first kappa shape index (κ1) is 20.4. The van der Waals surface area contributed by atoms with Crippen LogP contribution >= 0.6 is 0 Å². The first-order valence-corrected chi connectivity index (χ1v) is 9.84. The summed E-state index contributed by atoms with van der Waals surface area (Å²) < 4.78 is 26.8. The van der Waals surface area contributed by atoms with Gasteiger partial charge in [0.15, 0.2) is 5.76 Å². The quantitative estimate of drug-likeness (QED) is 0.452. The second-order valence-corrected chi connectivity index (χ2v) is 7.25. The van der Waals surface area contributed by atoms with Gasteiger partial charge in [0.2, 0.25) is 0 Å². The number of carbonyl (C=O) groups is 1. The number of rotatable bonds is 7. The van der Waals surface area contributed by atoms with Crippen molar-refractivity contribution in [1.29, 1.82) is 0 Å². The van der Waals surface area contributed by atoms with Gasteiger partial charge in [0.25, 0.3) is 5.91 Å². The van der Waals surface area contributed by atoms with Crippen LogP contribution in [0.1, 0.15) is 33.0 Å². The Morgan fingerprint density at radius 2 is 1.87 bits per heavy atom. The van der Waals surface area contributed by atoms with E-state index in [0.29, 0.717) is 17.0 Å². The first-order valence-electron chi connectivity index (χ1n) is 9.84. The Labute approximate surface area is 179 Å². The number of ether oxygens (including phenoxy) is 1. The molecule has 0 aliphatic rings. The number of carbonyl (C=O) groups excluding carboxylic acids is 1. The van der Waals surface area contributed by atoms with Crippen LogP contribution in [-0.2, 0) is 13.2 Å². The number of benzene rings is 2. The van der Waals surface area contributed by atoms with Crippen LogP contribution in [0.25, 0.3) is 0 Å². The Kier molecular flexibility index (Phi) is 5.84. The molecule has 0 spiro atoms. The number of halogens is 1. The summed E-state index contributed by atoms with van der Waals surface area (Å²) in [6.07, 6.45) is 3.14. The fourth-order valence-corrected chi connectivity index (χ4v) is 3.26. The summed E-state index contributed by atoms with van der Waals surface area (Å²) in [6, 6.07) is 15.8. The second kappa shape index (κ2) is 8.87. The van der Waals surface area contributed by atoms with E-state index in [0.717, 1.165) is 16.9 Å². The summed E-state index contributed by atoms with van der Waals surface area (Å²) in [5.41, 5.74) is 3.09. The lowest BCUT2D eigenvalue weighted by Gasteiger charge is -2.10. The zero-order valence-electron chi connectivity index (χ0n) is 17.3. The number of furan rings is 1. The molecule has 31 heavy (non-hydrogen) atoms. The van der Waals surface area contributed by atoms with E-state index in [1.165, 1.54) is 12.3 Å². The zero-order valence-corrected chi connectivity index (χ0v) is 17.3. The van der Waals surface area contributed by atoms with Gasteiger partial charge in [0.1, 0.15) is 23.9 Å². The van der Waals surface area contributed by atoms with Gasteiger partial charge in [-0.25, -0.2) is 4.39 Å². The molecular weight excluding hydrogens is 397 g/mol. The maximum Gasteiger partial charge on any atom is 0.291 e. The number of anilines is 1. The molecule has 0 saturated carbocycles. The van der Waals surface area contributed by atoms with Crippen molar-refractivity contribution >= 4 is 11.6 Å². The number of nitrogens with one attached hydrogen (secondary N) is 1. The lowest BCUT2D eigenvalue weighted by atomic mass is 10.1. The van der Waals surface area contributed by atoms with Crippen LogP contribution in [0, 0.1) is 19.7 Å². The molecule has 4 aromatic rings. The Hall–Kier alpha value is -3.87. The van der Waals surface area contributed by atoms with Crippen molar-refractivity contribution in [3.05, 3.63) is 101 Å². The Morgan fingerprint density at radius 1 is 1.10 bits per heavy atom. The molecular formula is C24H22FN3O3. The molecule has 0 saturated heterocycles. The predicted molar refractivity (Wildman–Crippen MR) is 115 cm³/mol. The number of para-hydroxylation sites is 1. The molecule has 1 amide bonds. The topological polar surface area (TPSA) is 69.3 Å². The number of hydrogen-bond donors (Lipinski definition) is 1. The van der Waals surface area contributed by atoms with E-state index in [9.17, 15) is 9.18 Å². The minimum atomic E-state index is -0.399. The van der Waals surface area contributed by atoms with Crippen molar-refractivity contribution < 1.29 is 18.3 Å². The molecule has 2 aromatic carbocycles. The van der Waals surface area contributed by atoms with Crippen LogP contribution in [0.5, 0.6) is 5.75 Å². The average Bonchev–Trinajstić information content (AvgIpc) is 3.39. The highest BCUT2D eigenvalue weighted by Crippen LogP contribution is 2.24. The third-order valence-corrected chi connectivity index (χ3v) is 4.83. The van der Waals surface area contributed by atoms with Gasteiger partial charge >= 0.3 is 0 Å². The van der Waals surface area contributed by atoms with Gasteiger partial charge in [0, 0.05) is 11.8 Å². The van der Waals surface area contributed by atoms with Crippen LogP contribution in [0.4, 0.5) is 10.1 Å². The molecule has 2 aromatic heterocycles. The highest BCUT2D eigenvalue weighted by molar-refractivity contribution is 6.02. The van der Waals surface area contributed by atoms with E-state index in [1.54, 1.807) is 41.2 Å². The van der Waals surface area contributed by atoms with Crippen molar-refractivity contribution in [1.82, 2.24) is 9.78 Å². The van der Waals surface area contributed by atoms with Crippen LogP contribution in [0.3, 0.4) is 0 Å². The molecule has 6 nitrogen and oxygen atoms in total. The summed E-state index contributed by atoms with van der Waals surface area (Å²) in [7, 11) is 0. The van der Waals surface area contributed by atoms with E-state index < -0.39 is 5.91 Å². The third-order valence-electron chi connectivity index (χ3n) is 4.83. The number of hydrogen-bond acceptors (Lipinski definition) is 4. The molecule has 0 radical (unpaired) electrons. The normalized spacial score (nSPS) is 10.8. The minimum Gasteiger partial charge on any atom is -0.485 e. The van der Waals surface area contributed by atoms with E-state index in [-0.39, 0.29) is 24.7 Å². The highest BCUT2D eigenvalue weighted by Gasteiger charge is 2.14. The summed E-state index contributed by atoms with van der Waals surface area (Å²) in [6.45, 7) is 4.45. The van der Waals surface area contributed by atoms with Crippen LogP contribution in [0.15, 0.2) is 71.4 Å². The number of aromatic nitrogens is 2. The maximum atomic E-state index is 13.8. The molecule has 2 heterocycles. The largest absolute Gasteiger partial charge is 0.485 e. The fraction of sp³-hybridized carbons (Fsp3) is 0.167. The highest BCUT2D eigenvalue weighted by atomic mass is 19.1. The molecule has 1 N–H and O–H groups in total. The fourth-order valence-electron chi connectivity index (χ4n) is 3.26. The summed E-state index contributed by atoms with van der Waals surface area (Å²) >= 11 is 0. The van der Waals surface area contributed by atoms with Gasteiger partial charge in [-0.15, -0.1) is 0 Å². The van der Waals surface area contributed by atoms with Crippen LogP contribution in [0.2, 0.25) is 0 Å². The zero-order chi connectivity index (χ0) is 21.8. The van der Waals surface area contributed by atoms with Crippen molar-refractivity contribution in [2.24, 2.45) is 0 Å². The number of amides is 1. The van der Waals surface area contributed by atoms with Crippen molar-refractivity contribution in [2.75, 3.05) is 5.32 Å². The first-order chi connectivity index (χ1) is 15.0. The van der Waals surface area contributed by atoms with Gasteiger partial charge < -0.3 is 14.5 Å². The monoisotopic (exact) mass is 419 g/mol. The van der Waals surface area contributed by atoms with Crippen LogP contribution in [-0.4, -0.2) is 15.7 Å². The van der Waals surface area contributed by atoms with Crippen molar-refractivity contribution in [2.45, 2.75) is 27.0 Å². The van der Waals surface area contributed by atoms with Crippen LogP contribution < -0.4 is 10.1 Å². The molecule has 0 atom stereocenters. The van der Waals surface area contributed by atoms with Crippen molar-refractivity contribution in [3.8, 4) is 5.75 Å². The van der Waals surface area contributed by atoms with Crippen molar-refractivity contribution in [3.63, 3.8) is 0 Å². The van der Waals surface area contributed by atoms with Gasteiger partial charge in [-0.3, -0.25) is 9.48 Å². The van der Waals surface area contributed by atoms with E-state index in [1.807, 2.05) is 32.0 Å². The van der Waals surface area contributed by atoms with E-state index >= 15 is 0 Å². The Bertz CT molecular complexity index is 1190. The summed E-state index contributed by atoms with van der Waals surface area (Å²) in [4.78, 5) is 12.5. The third kappa shape index (κ3) is 4.83. The second-order valence-electron chi connectivity index (χ2n) is 7.25. The Morgan fingerprint density at radius 3 is 2.65 bits per heavy atom. The lowest BCUT2D eigenvalue weighted by Crippen LogP contribution is -2.10. The minimum absolute atomic E-state index is 0.168. The number of nitrogens with zero attached hydrogens (tertiary/aromatic N) is 2. The predicted octanol–water partition coefficient (Wildman–Crippen LogP) is 5.11. The standard InChI is InChI=1S/C24H22FN3O3/c1-16-6-5-7-17(2)23(16)30-15-20-10-11-22(31-20)24(29)27-19-12-26-28(14-19)13-18-8-3-4-9-21(18)25/h3-12,14H,13,15H2,1-2H3,(H,27,29). The molecule has 0 bridgehead atoms. The summed E-state index contributed by atoms with van der Waals surface area (Å²) in [5.74, 6) is 0.829. The molecule has 0 unspecified atom stereocenters. The molecule has 0 fully saturated rings. The Balaban J connectivity index is 1.36. The smallest absolute Gasteiger partial charge is 0.291 e. The SMILES string of the molecule is Cc1cccc(C)c1OCc1ccc(C(=O)Nc2cnn(Cc3ccccc3F)c2)o1. The van der Waals surface area contributed by atoms with Gasteiger partial charge in [-0.2, -0.15) is 5.10 Å². The molecule has 7 heteroatoms. The lowest BCUT2D eigenvalue weighted by molar-refractivity contribution is 0.0992. The molecule has 0 aliphatic heterocycles. The van der Waals surface area contributed by atoms with E-state index in [2.05, 4.69) is 10.4 Å². The van der Waals surface area contributed by atoms with Gasteiger partial charge in [-0.05, 0) is 43.2 Å². The van der Waals surface area contributed by atoms with E-state index in [4.69, 9.17) is 9.15 Å². The molecule has 4 rings (SSSR count). The summed E-state index contributed by atoms with van der Waals surface area (Å²) in [5, 5.41) is 6.90. The average molecular weight is 419 g/mol. The molecule has 158 valence electrons. The van der Waals surface area contributed by atoms with Gasteiger partial charge in [0.05, 0.1) is 18.4 Å². The molecule has 0 aliphatic carbocycles.